The second-order valence-electron chi connectivity index (χ2n) is 6.81. The van der Waals surface area contributed by atoms with Crippen LogP contribution in [0.25, 0.3) is 6.08 Å². The zero-order valence-electron chi connectivity index (χ0n) is 15.8. The molecule has 4 rings (SSSR count). The van der Waals surface area contributed by atoms with Crippen LogP contribution in [0, 0.1) is 0 Å². The van der Waals surface area contributed by atoms with E-state index in [0.29, 0.717) is 29.4 Å². The normalized spacial score (nSPS) is 14.7. The number of carbonyl (C=O) groups excluding carboxylic acids is 1. The Hall–Kier alpha value is -3.53. The number of hydrogen-bond acceptors (Lipinski definition) is 3. The first kappa shape index (κ1) is 17.9. The Morgan fingerprint density at radius 3 is 2.43 bits per heavy atom. The van der Waals surface area contributed by atoms with Crippen molar-refractivity contribution in [3.63, 3.8) is 0 Å². The van der Waals surface area contributed by atoms with Crippen molar-refractivity contribution in [2.75, 3.05) is 10.6 Å². The van der Waals surface area contributed by atoms with Crippen LogP contribution in [0.4, 0.5) is 11.4 Å². The van der Waals surface area contributed by atoms with Crippen molar-refractivity contribution in [2.24, 2.45) is 0 Å². The van der Waals surface area contributed by atoms with Gasteiger partial charge >= 0.3 is 0 Å². The molecule has 0 spiro atoms. The number of hydrogen-bond donors (Lipinski definition) is 1. The number of nitrogens with zero attached hydrogens (tertiary/aromatic N) is 1. The number of nitrogens with two attached hydrogens (primary N) is 1. The maximum absolute atomic E-state index is 13.2. The van der Waals surface area contributed by atoms with Gasteiger partial charge in [0.1, 0.15) is 0 Å². The summed E-state index contributed by atoms with van der Waals surface area (Å²) in [6.45, 7) is 2.57. The van der Waals surface area contributed by atoms with Crippen molar-refractivity contribution in [3.05, 3.63) is 95.2 Å². The number of nitrogen functional groups attached to an aromatic ring is 1. The van der Waals surface area contributed by atoms with Gasteiger partial charge < -0.3 is 10.5 Å². The van der Waals surface area contributed by atoms with Crippen LogP contribution in [0.1, 0.15) is 23.6 Å². The van der Waals surface area contributed by atoms with Crippen LogP contribution in [-0.2, 0) is 17.8 Å². The van der Waals surface area contributed by atoms with Gasteiger partial charge in [-0.3, -0.25) is 9.69 Å². The SMILES string of the molecule is CCc1ccc(/C=C2/Oc3ccc(N)cc3N(Cc3ccccc3)C2=O)cc1. The van der Waals surface area contributed by atoms with E-state index < -0.39 is 0 Å². The van der Waals surface area contributed by atoms with Gasteiger partial charge in [-0.25, -0.2) is 0 Å². The maximum atomic E-state index is 13.2. The molecule has 0 aliphatic carbocycles. The second-order valence-corrected chi connectivity index (χ2v) is 6.81. The van der Waals surface area contributed by atoms with Gasteiger partial charge in [0.05, 0.1) is 12.2 Å². The molecule has 3 aromatic carbocycles. The highest BCUT2D eigenvalue weighted by Gasteiger charge is 2.30. The Bertz CT molecular complexity index is 1020. The summed E-state index contributed by atoms with van der Waals surface area (Å²) in [5.74, 6) is 0.750. The van der Waals surface area contributed by atoms with E-state index in [0.717, 1.165) is 17.5 Å². The van der Waals surface area contributed by atoms with Crippen LogP contribution in [0.3, 0.4) is 0 Å². The molecule has 0 atom stereocenters. The van der Waals surface area contributed by atoms with Crippen molar-refractivity contribution in [1.29, 1.82) is 0 Å². The van der Waals surface area contributed by atoms with Gasteiger partial charge in [-0.2, -0.15) is 0 Å². The number of amides is 1. The minimum Gasteiger partial charge on any atom is -0.449 e. The number of fused-ring (bicyclic) bond motifs is 1. The molecule has 1 amide bonds. The predicted octanol–water partition coefficient (Wildman–Crippen LogP) is 4.80. The summed E-state index contributed by atoms with van der Waals surface area (Å²) >= 11 is 0. The van der Waals surface area contributed by atoms with Gasteiger partial charge in [-0.05, 0) is 47.4 Å². The van der Waals surface area contributed by atoms with Gasteiger partial charge in [-0.1, -0.05) is 61.5 Å². The molecule has 28 heavy (non-hydrogen) atoms. The molecule has 0 unspecified atom stereocenters. The lowest BCUT2D eigenvalue weighted by Crippen LogP contribution is -2.36. The summed E-state index contributed by atoms with van der Waals surface area (Å²) in [6, 6.07) is 23.4. The van der Waals surface area contributed by atoms with Crippen molar-refractivity contribution in [2.45, 2.75) is 19.9 Å². The molecule has 4 nitrogen and oxygen atoms in total. The first-order valence-corrected chi connectivity index (χ1v) is 9.38. The Kier molecular flexibility index (Phi) is 4.85. The van der Waals surface area contributed by atoms with E-state index in [2.05, 4.69) is 19.1 Å². The third-order valence-corrected chi connectivity index (χ3v) is 4.82. The van der Waals surface area contributed by atoms with Crippen LogP contribution < -0.4 is 15.4 Å². The molecular weight excluding hydrogens is 348 g/mol. The minimum atomic E-state index is -0.179. The van der Waals surface area contributed by atoms with E-state index in [4.69, 9.17) is 10.5 Å². The van der Waals surface area contributed by atoms with Crippen molar-refractivity contribution in [3.8, 4) is 5.75 Å². The molecule has 140 valence electrons. The van der Waals surface area contributed by atoms with E-state index in [9.17, 15) is 4.79 Å². The first-order valence-electron chi connectivity index (χ1n) is 9.38. The van der Waals surface area contributed by atoms with Crippen molar-refractivity contribution in [1.82, 2.24) is 0 Å². The van der Waals surface area contributed by atoms with Crippen LogP contribution >= 0.6 is 0 Å². The fourth-order valence-electron chi connectivity index (χ4n) is 3.25. The summed E-state index contributed by atoms with van der Waals surface area (Å²) in [5.41, 5.74) is 10.5. The van der Waals surface area contributed by atoms with Crippen molar-refractivity contribution >= 4 is 23.4 Å². The van der Waals surface area contributed by atoms with Gasteiger partial charge in [0.15, 0.2) is 11.5 Å². The topological polar surface area (TPSA) is 55.6 Å². The molecule has 0 fully saturated rings. The molecule has 2 N–H and O–H groups in total. The van der Waals surface area contributed by atoms with E-state index in [-0.39, 0.29) is 5.91 Å². The largest absolute Gasteiger partial charge is 0.449 e. The predicted molar refractivity (Wildman–Crippen MR) is 113 cm³/mol. The molecule has 1 aliphatic rings. The number of anilines is 2. The molecule has 3 aromatic rings. The average molecular weight is 370 g/mol. The summed E-state index contributed by atoms with van der Waals surface area (Å²) < 4.78 is 5.94. The maximum Gasteiger partial charge on any atom is 0.294 e. The molecule has 4 heteroatoms. The highest BCUT2D eigenvalue weighted by Crippen LogP contribution is 2.38. The van der Waals surface area contributed by atoms with Gasteiger partial charge in [-0.15, -0.1) is 0 Å². The van der Waals surface area contributed by atoms with Crippen LogP contribution in [-0.4, -0.2) is 5.91 Å². The lowest BCUT2D eigenvalue weighted by atomic mass is 10.1. The first-order chi connectivity index (χ1) is 13.6. The van der Waals surface area contributed by atoms with Gasteiger partial charge in [0, 0.05) is 5.69 Å². The van der Waals surface area contributed by atoms with Gasteiger partial charge in [0.2, 0.25) is 0 Å². The summed E-state index contributed by atoms with van der Waals surface area (Å²) in [4.78, 5) is 14.9. The Labute approximate surface area is 164 Å². The van der Waals surface area contributed by atoms with E-state index in [1.807, 2.05) is 48.5 Å². The van der Waals surface area contributed by atoms with E-state index in [1.165, 1.54) is 5.56 Å². The lowest BCUT2D eigenvalue weighted by molar-refractivity contribution is -0.117. The second kappa shape index (κ2) is 7.61. The van der Waals surface area contributed by atoms with E-state index in [1.54, 1.807) is 23.1 Å². The smallest absolute Gasteiger partial charge is 0.294 e. The highest BCUT2D eigenvalue weighted by atomic mass is 16.5. The molecule has 0 saturated heterocycles. The molecular formula is C24H22N2O2. The van der Waals surface area contributed by atoms with Crippen LogP contribution in [0.15, 0.2) is 78.6 Å². The third-order valence-electron chi connectivity index (χ3n) is 4.82. The molecule has 0 bridgehead atoms. The number of rotatable bonds is 4. The van der Waals surface area contributed by atoms with Crippen LogP contribution in [0.2, 0.25) is 0 Å². The third kappa shape index (κ3) is 3.62. The monoisotopic (exact) mass is 370 g/mol. The Morgan fingerprint density at radius 2 is 1.71 bits per heavy atom. The number of aryl methyl sites for hydroxylation is 1. The highest BCUT2D eigenvalue weighted by molar-refractivity contribution is 6.10. The number of carbonyl (C=O) groups is 1. The summed E-state index contributed by atoms with van der Waals surface area (Å²) in [5, 5.41) is 0. The average Bonchev–Trinajstić information content (AvgIpc) is 2.73. The number of ether oxygens (including phenoxy) is 1. The quantitative estimate of drug-likeness (QED) is 0.530. The summed E-state index contributed by atoms with van der Waals surface area (Å²) in [7, 11) is 0. The molecule has 0 aromatic heterocycles. The fourth-order valence-corrected chi connectivity index (χ4v) is 3.25. The Balaban J connectivity index is 1.73. The zero-order chi connectivity index (χ0) is 19.5. The standard InChI is InChI=1S/C24H22N2O2/c1-2-17-8-10-18(11-9-17)14-23-24(27)26(16-19-6-4-3-5-7-19)21-15-20(25)12-13-22(21)28-23/h3-15H,2,16,25H2,1H3/b23-14+. The van der Waals surface area contributed by atoms with E-state index >= 15 is 0 Å². The van der Waals surface area contributed by atoms with Crippen LogP contribution in [0.5, 0.6) is 5.75 Å². The molecule has 0 radical (unpaired) electrons. The molecule has 1 heterocycles. The summed E-state index contributed by atoms with van der Waals surface area (Å²) in [6.07, 6.45) is 2.77. The lowest BCUT2D eigenvalue weighted by Gasteiger charge is -2.31. The fraction of sp³-hybridized carbons (Fsp3) is 0.125. The Morgan fingerprint density at radius 1 is 0.964 bits per heavy atom. The minimum absolute atomic E-state index is 0.179. The molecule has 1 aliphatic heterocycles. The molecule has 0 saturated carbocycles. The van der Waals surface area contributed by atoms with Gasteiger partial charge in [0.25, 0.3) is 5.91 Å². The zero-order valence-corrected chi connectivity index (χ0v) is 15.8. The number of benzene rings is 3. The van der Waals surface area contributed by atoms with Crippen molar-refractivity contribution < 1.29 is 9.53 Å².